The van der Waals surface area contributed by atoms with Crippen LogP contribution in [0.4, 0.5) is 5.69 Å². The maximum absolute atomic E-state index is 12.2. The molecular weight excluding hydrogens is 284 g/mol. The molecule has 3 N–H and O–H groups in total. The zero-order valence-electron chi connectivity index (χ0n) is 13.0. The molecule has 0 heterocycles. The van der Waals surface area contributed by atoms with Crippen LogP contribution in [0, 0.1) is 11.8 Å². The lowest BCUT2D eigenvalue weighted by atomic mass is 9.78. The summed E-state index contributed by atoms with van der Waals surface area (Å²) in [5.74, 6) is 1.39. The number of hydrogen-bond donors (Lipinski definition) is 2. The predicted octanol–water partition coefficient (Wildman–Crippen LogP) is 3.56. The van der Waals surface area contributed by atoms with Crippen LogP contribution in [0.5, 0.6) is 0 Å². The van der Waals surface area contributed by atoms with E-state index in [2.05, 4.69) is 19.2 Å². The molecule has 0 radical (unpaired) electrons. The van der Waals surface area contributed by atoms with E-state index >= 15 is 0 Å². The molecule has 1 aromatic carbocycles. The molecule has 1 amide bonds. The van der Waals surface area contributed by atoms with Crippen LogP contribution >= 0.6 is 12.4 Å². The van der Waals surface area contributed by atoms with E-state index in [-0.39, 0.29) is 18.3 Å². The quantitative estimate of drug-likeness (QED) is 0.835. The van der Waals surface area contributed by atoms with Crippen LogP contribution in [0.3, 0.4) is 0 Å². The van der Waals surface area contributed by atoms with Crippen molar-refractivity contribution in [3.8, 4) is 0 Å². The number of benzene rings is 1. The summed E-state index contributed by atoms with van der Waals surface area (Å²) < 4.78 is 0. The third-order valence-electron chi connectivity index (χ3n) is 4.37. The van der Waals surface area contributed by atoms with Gasteiger partial charge in [0.2, 0.25) is 5.91 Å². The molecule has 118 valence electrons. The summed E-state index contributed by atoms with van der Waals surface area (Å²) in [5, 5.41) is 3.24. The van der Waals surface area contributed by atoms with Gasteiger partial charge >= 0.3 is 0 Å². The van der Waals surface area contributed by atoms with Crippen molar-refractivity contribution in [3.05, 3.63) is 29.8 Å². The maximum atomic E-state index is 12.2. The van der Waals surface area contributed by atoms with Gasteiger partial charge in [0.05, 0.1) is 6.42 Å². The molecule has 0 aromatic heterocycles. The van der Waals surface area contributed by atoms with Crippen LogP contribution in [-0.4, -0.2) is 11.9 Å². The van der Waals surface area contributed by atoms with E-state index < -0.39 is 0 Å². The van der Waals surface area contributed by atoms with Crippen LogP contribution in [-0.2, 0) is 11.2 Å². The van der Waals surface area contributed by atoms with Crippen LogP contribution in [0.2, 0.25) is 0 Å². The van der Waals surface area contributed by atoms with Crippen LogP contribution in [0.15, 0.2) is 24.3 Å². The number of anilines is 1. The first-order valence-corrected chi connectivity index (χ1v) is 7.70. The molecule has 1 aliphatic carbocycles. The second kappa shape index (κ2) is 8.28. The fraction of sp³-hybridized carbons (Fsp3) is 0.588. The summed E-state index contributed by atoms with van der Waals surface area (Å²) in [5.41, 5.74) is 7.42. The Morgan fingerprint density at radius 2 is 1.86 bits per heavy atom. The highest BCUT2D eigenvalue weighted by Gasteiger charge is 2.28. The molecule has 21 heavy (non-hydrogen) atoms. The zero-order chi connectivity index (χ0) is 14.5. The van der Waals surface area contributed by atoms with Gasteiger partial charge in [-0.25, -0.2) is 0 Å². The molecular formula is C17H27ClN2O. The summed E-state index contributed by atoms with van der Waals surface area (Å²) in [6.07, 6.45) is 5.34. The molecule has 2 rings (SSSR count). The van der Waals surface area contributed by atoms with Crippen LogP contribution in [0.25, 0.3) is 0 Å². The first-order valence-electron chi connectivity index (χ1n) is 7.70. The van der Waals surface area contributed by atoms with Crippen molar-refractivity contribution in [2.24, 2.45) is 11.8 Å². The van der Waals surface area contributed by atoms with Crippen molar-refractivity contribution in [2.45, 2.75) is 52.0 Å². The van der Waals surface area contributed by atoms with E-state index in [0.29, 0.717) is 24.3 Å². The highest BCUT2D eigenvalue weighted by atomic mass is 35.5. The van der Waals surface area contributed by atoms with Gasteiger partial charge in [0.15, 0.2) is 0 Å². The monoisotopic (exact) mass is 310 g/mol. The number of nitrogens with one attached hydrogen (secondary N) is 1. The van der Waals surface area contributed by atoms with Gasteiger partial charge in [-0.3, -0.25) is 4.79 Å². The standard InChI is InChI=1S/C17H26N2O.ClH/c1-12(2)15-5-3-4-6-16(15)19-17(20)11-13-7-9-14(18)10-8-13;/h7-10,12,15-16H,3-6,11,18H2,1-2H3,(H,19,20);1H. The Labute approximate surface area is 134 Å². The molecule has 3 nitrogen and oxygen atoms in total. The first-order chi connectivity index (χ1) is 9.56. The largest absolute Gasteiger partial charge is 0.399 e. The minimum atomic E-state index is 0. The molecule has 0 aliphatic heterocycles. The van der Waals surface area contributed by atoms with Gasteiger partial charge < -0.3 is 11.1 Å². The van der Waals surface area contributed by atoms with E-state index in [4.69, 9.17) is 5.73 Å². The van der Waals surface area contributed by atoms with Crippen LogP contribution in [0.1, 0.15) is 45.1 Å². The lowest BCUT2D eigenvalue weighted by molar-refractivity contribution is -0.121. The molecule has 1 saturated carbocycles. The van der Waals surface area contributed by atoms with Gasteiger partial charge in [0.25, 0.3) is 0 Å². The zero-order valence-corrected chi connectivity index (χ0v) is 13.8. The molecule has 0 saturated heterocycles. The number of carbonyl (C=O) groups excluding carboxylic acids is 1. The Hall–Kier alpha value is -1.22. The fourth-order valence-electron chi connectivity index (χ4n) is 3.22. The second-order valence-corrected chi connectivity index (χ2v) is 6.28. The Kier molecular flexibility index (Phi) is 7.03. The van der Waals surface area contributed by atoms with Gasteiger partial charge in [0, 0.05) is 11.7 Å². The SMILES string of the molecule is CC(C)C1CCCCC1NC(=O)Cc1ccc(N)cc1.Cl. The highest BCUT2D eigenvalue weighted by molar-refractivity contribution is 5.85. The molecule has 1 fully saturated rings. The van der Waals surface area contributed by atoms with E-state index in [1.807, 2.05) is 24.3 Å². The topological polar surface area (TPSA) is 55.1 Å². The maximum Gasteiger partial charge on any atom is 0.224 e. The Bertz CT molecular complexity index is 445. The smallest absolute Gasteiger partial charge is 0.224 e. The van der Waals surface area contributed by atoms with E-state index in [0.717, 1.165) is 17.7 Å². The number of nitrogens with two attached hydrogens (primary N) is 1. The minimum absolute atomic E-state index is 0. The summed E-state index contributed by atoms with van der Waals surface area (Å²) >= 11 is 0. The lowest BCUT2D eigenvalue weighted by Crippen LogP contribution is -2.44. The normalized spacial score (nSPS) is 21.7. The molecule has 4 heteroatoms. The van der Waals surface area contributed by atoms with Crippen molar-refractivity contribution in [1.82, 2.24) is 5.32 Å². The average Bonchev–Trinajstić information content (AvgIpc) is 2.41. The van der Waals surface area contributed by atoms with Crippen molar-refractivity contribution in [2.75, 3.05) is 5.73 Å². The van der Waals surface area contributed by atoms with E-state index in [9.17, 15) is 4.79 Å². The molecule has 0 spiro atoms. The van der Waals surface area contributed by atoms with Crippen molar-refractivity contribution < 1.29 is 4.79 Å². The van der Waals surface area contributed by atoms with Crippen molar-refractivity contribution in [1.29, 1.82) is 0 Å². The molecule has 2 atom stereocenters. The van der Waals surface area contributed by atoms with Gasteiger partial charge in [-0.1, -0.05) is 38.8 Å². The van der Waals surface area contributed by atoms with Crippen LogP contribution < -0.4 is 11.1 Å². The first kappa shape index (κ1) is 17.8. The number of hydrogen-bond acceptors (Lipinski definition) is 2. The number of rotatable bonds is 4. The second-order valence-electron chi connectivity index (χ2n) is 6.28. The summed E-state index contributed by atoms with van der Waals surface area (Å²) in [4.78, 5) is 12.2. The average molecular weight is 311 g/mol. The molecule has 1 aliphatic rings. The molecule has 1 aromatic rings. The van der Waals surface area contributed by atoms with Crippen molar-refractivity contribution in [3.63, 3.8) is 0 Å². The van der Waals surface area contributed by atoms with Gasteiger partial charge in [-0.2, -0.15) is 0 Å². The molecule has 0 bridgehead atoms. The predicted molar refractivity (Wildman–Crippen MR) is 90.5 cm³/mol. The van der Waals surface area contributed by atoms with Gasteiger partial charge in [0.1, 0.15) is 0 Å². The van der Waals surface area contributed by atoms with E-state index in [1.165, 1.54) is 19.3 Å². The summed E-state index contributed by atoms with van der Waals surface area (Å²) in [7, 11) is 0. The number of carbonyl (C=O) groups is 1. The number of halogens is 1. The minimum Gasteiger partial charge on any atom is -0.399 e. The summed E-state index contributed by atoms with van der Waals surface area (Å²) in [6, 6.07) is 7.90. The van der Waals surface area contributed by atoms with Gasteiger partial charge in [-0.05, 0) is 42.4 Å². The Morgan fingerprint density at radius 3 is 2.48 bits per heavy atom. The third kappa shape index (κ3) is 5.24. The third-order valence-corrected chi connectivity index (χ3v) is 4.37. The summed E-state index contributed by atoms with van der Waals surface area (Å²) in [6.45, 7) is 4.52. The van der Waals surface area contributed by atoms with Crippen molar-refractivity contribution >= 4 is 24.0 Å². The number of amides is 1. The fourth-order valence-corrected chi connectivity index (χ4v) is 3.22. The van der Waals surface area contributed by atoms with Gasteiger partial charge in [-0.15, -0.1) is 12.4 Å². The highest BCUT2D eigenvalue weighted by Crippen LogP contribution is 2.30. The Balaban J connectivity index is 0.00000220. The molecule has 2 unspecified atom stereocenters. The van der Waals surface area contributed by atoms with E-state index in [1.54, 1.807) is 0 Å². The number of nitrogen functional groups attached to an aromatic ring is 1. The Morgan fingerprint density at radius 1 is 1.24 bits per heavy atom. The lowest BCUT2D eigenvalue weighted by Gasteiger charge is -2.35.